The van der Waals surface area contributed by atoms with E-state index in [-0.39, 0.29) is 12.0 Å². The third-order valence-electron chi connectivity index (χ3n) is 2.44. The Kier molecular flexibility index (Phi) is 7.16. The first-order valence-corrected chi connectivity index (χ1v) is 7.34. The zero-order valence-electron chi connectivity index (χ0n) is 10.6. The lowest BCUT2D eigenvalue weighted by atomic mass is 10.2. The summed E-state index contributed by atoms with van der Waals surface area (Å²) >= 11 is 7.73. The van der Waals surface area contributed by atoms with E-state index in [1.54, 1.807) is 11.8 Å². The molecule has 0 spiro atoms. The molecule has 0 radical (unpaired) electrons. The number of hydrogen-bond donors (Lipinski definition) is 1. The van der Waals surface area contributed by atoms with Gasteiger partial charge in [-0.05, 0) is 18.2 Å². The Bertz CT molecular complexity index is 387. The van der Waals surface area contributed by atoms with Crippen LogP contribution in [-0.2, 0) is 15.3 Å². The van der Waals surface area contributed by atoms with Crippen LogP contribution < -0.4 is 5.32 Å². The predicted octanol–water partition coefficient (Wildman–Crippen LogP) is 2.72. The SMILES string of the molecule is CCNC(CSCc1ccccc1Cl)C(=O)OC. The van der Waals surface area contributed by atoms with Gasteiger partial charge in [-0.2, -0.15) is 11.8 Å². The molecule has 1 unspecified atom stereocenters. The fourth-order valence-corrected chi connectivity index (χ4v) is 2.86. The van der Waals surface area contributed by atoms with Crippen LogP contribution in [0.5, 0.6) is 0 Å². The van der Waals surface area contributed by atoms with Gasteiger partial charge in [-0.3, -0.25) is 4.79 Å². The molecule has 0 aliphatic carbocycles. The van der Waals surface area contributed by atoms with Crippen molar-refractivity contribution in [2.24, 2.45) is 0 Å². The lowest BCUT2D eigenvalue weighted by molar-refractivity contribution is -0.142. The number of esters is 1. The smallest absolute Gasteiger partial charge is 0.323 e. The van der Waals surface area contributed by atoms with Crippen molar-refractivity contribution in [3.8, 4) is 0 Å². The Hall–Kier alpha value is -0.710. The number of benzene rings is 1. The molecule has 1 atom stereocenters. The van der Waals surface area contributed by atoms with Crippen molar-refractivity contribution < 1.29 is 9.53 Å². The Morgan fingerprint density at radius 1 is 1.50 bits per heavy atom. The van der Waals surface area contributed by atoms with Crippen LogP contribution in [-0.4, -0.2) is 31.4 Å². The van der Waals surface area contributed by atoms with Crippen LogP contribution in [0, 0.1) is 0 Å². The maximum Gasteiger partial charge on any atom is 0.323 e. The summed E-state index contributed by atoms with van der Waals surface area (Å²) in [5.41, 5.74) is 1.09. The van der Waals surface area contributed by atoms with Crippen LogP contribution in [0.25, 0.3) is 0 Å². The summed E-state index contributed by atoms with van der Waals surface area (Å²) in [4.78, 5) is 11.5. The van der Waals surface area contributed by atoms with Gasteiger partial charge in [-0.1, -0.05) is 36.7 Å². The quantitative estimate of drug-likeness (QED) is 0.783. The van der Waals surface area contributed by atoms with Gasteiger partial charge in [0.2, 0.25) is 0 Å². The van der Waals surface area contributed by atoms with Crippen LogP contribution in [0.15, 0.2) is 24.3 Å². The van der Waals surface area contributed by atoms with E-state index < -0.39 is 0 Å². The molecule has 0 aromatic heterocycles. The standard InChI is InChI=1S/C13H18ClNO2S/c1-3-15-12(13(16)17-2)9-18-8-10-6-4-5-7-11(10)14/h4-7,12,15H,3,8-9H2,1-2H3. The molecule has 0 bridgehead atoms. The van der Waals surface area contributed by atoms with Gasteiger partial charge in [-0.15, -0.1) is 0 Å². The number of thioether (sulfide) groups is 1. The molecule has 1 aromatic carbocycles. The minimum Gasteiger partial charge on any atom is -0.468 e. The Labute approximate surface area is 117 Å². The maximum atomic E-state index is 11.5. The number of hydrogen-bond acceptors (Lipinski definition) is 4. The highest BCUT2D eigenvalue weighted by Crippen LogP contribution is 2.21. The van der Waals surface area contributed by atoms with E-state index in [1.165, 1.54) is 7.11 Å². The first-order valence-electron chi connectivity index (χ1n) is 5.81. The minimum atomic E-state index is -0.257. The molecule has 5 heteroatoms. The highest BCUT2D eigenvalue weighted by molar-refractivity contribution is 7.98. The number of halogens is 1. The zero-order chi connectivity index (χ0) is 13.4. The molecule has 3 nitrogen and oxygen atoms in total. The third-order valence-corrected chi connectivity index (χ3v) is 3.89. The normalized spacial score (nSPS) is 12.2. The van der Waals surface area contributed by atoms with Crippen LogP contribution in [0.3, 0.4) is 0 Å². The Morgan fingerprint density at radius 3 is 2.83 bits per heavy atom. The summed E-state index contributed by atoms with van der Waals surface area (Å²) in [5.74, 6) is 1.24. The molecule has 0 fully saturated rings. The molecule has 100 valence electrons. The monoisotopic (exact) mass is 287 g/mol. The van der Waals surface area contributed by atoms with Crippen molar-refractivity contribution in [3.63, 3.8) is 0 Å². The second-order valence-electron chi connectivity index (χ2n) is 3.74. The molecular formula is C13H18ClNO2S. The van der Waals surface area contributed by atoms with Crippen molar-refractivity contribution in [2.45, 2.75) is 18.7 Å². The molecule has 18 heavy (non-hydrogen) atoms. The Balaban J connectivity index is 2.44. The summed E-state index contributed by atoms with van der Waals surface area (Å²) < 4.78 is 4.75. The van der Waals surface area contributed by atoms with E-state index >= 15 is 0 Å². The lowest BCUT2D eigenvalue weighted by Gasteiger charge is -2.15. The summed E-state index contributed by atoms with van der Waals surface area (Å²) in [5, 5.41) is 3.87. The number of rotatable bonds is 7. The lowest BCUT2D eigenvalue weighted by Crippen LogP contribution is -2.39. The van der Waals surface area contributed by atoms with Crippen LogP contribution in [0.2, 0.25) is 5.02 Å². The first-order chi connectivity index (χ1) is 8.69. The zero-order valence-corrected chi connectivity index (χ0v) is 12.2. The number of carbonyl (C=O) groups is 1. The van der Waals surface area contributed by atoms with Gasteiger partial charge < -0.3 is 10.1 Å². The molecule has 0 aliphatic rings. The van der Waals surface area contributed by atoms with Crippen molar-refractivity contribution >= 4 is 29.3 Å². The largest absolute Gasteiger partial charge is 0.468 e. The van der Waals surface area contributed by atoms with Gasteiger partial charge in [0.25, 0.3) is 0 Å². The second-order valence-corrected chi connectivity index (χ2v) is 5.18. The Morgan fingerprint density at radius 2 is 2.22 bits per heavy atom. The summed E-state index contributed by atoms with van der Waals surface area (Å²) in [6.45, 7) is 2.71. The average Bonchev–Trinajstić information content (AvgIpc) is 2.39. The third kappa shape index (κ3) is 4.88. The molecular weight excluding hydrogens is 270 g/mol. The fourth-order valence-electron chi connectivity index (χ4n) is 1.50. The van der Waals surface area contributed by atoms with E-state index in [2.05, 4.69) is 5.32 Å². The topological polar surface area (TPSA) is 38.3 Å². The van der Waals surface area contributed by atoms with Gasteiger partial charge >= 0.3 is 5.97 Å². The average molecular weight is 288 g/mol. The van der Waals surface area contributed by atoms with Crippen LogP contribution in [0.1, 0.15) is 12.5 Å². The predicted molar refractivity (Wildman–Crippen MR) is 77.1 cm³/mol. The first kappa shape index (κ1) is 15.3. The van der Waals surface area contributed by atoms with Gasteiger partial charge in [-0.25, -0.2) is 0 Å². The molecule has 1 aromatic rings. The van der Waals surface area contributed by atoms with Gasteiger partial charge in [0.15, 0.2) is 0 Å². The molecule has 0 heterocycles. The highest BCUT2D eigenvalue weighted by Gasteiger charge is 2.17. The highest BCUT2D eigenvalue weighted by atomic mass is 35.5. The maximum absolute atomic E-state index is 11.5. The van der Waals surface area contributed by atoms with Crippen molar-refractivity contribution in [1.29, 1.82) is 0 Å². The molecule has 0 amide bonds. The molecule has 0 aliphatic heterocycles. The number of likely N-dealkylation sites (N-methyl/N-ethyl adjacent to an activating group) is 1. The summed E-state index contributed by atoms with van der Waals surface area (Å²) in [7, 11) is 1.41. The van der Waals surface area contributed by atoms with E-state index in [0.29, 0.717) is 5.75 Å². The molecule has 0 saturated carbocycles. The van der Waals surface area contributed by atoms with Gasteiger partial charge in [0, 0.05) is 16.5 Å². The number of nitrogens with one attached hydrogen (secondary N) is 1. The van der Waals surface area contributed by atoms with E-state index in [9.17, 15) is 4.79 Å². The van der Waals surface area contributed by atoms with Gasteiger partial charge in [0.1, 0.15) is 6.04 Å². The summed E-state index contributed by atoms with van der Waals surface area (Å²) in [6, 6.07) is 7.48. The van der Waals surface area contributed by atoms with Crippen molar-refractivity contribution in [2.75, 3.05) is 19.4 Å². The van der Waals surface area contributed by atoms with Crippen LogP contribution >= 0.6 is 23.4 Å². The fraction of sp³-hybridized carbons (Fsp3) is 0.462. The second kappa shape index (κ2) is 8.40. The van der Waals surface area contributed by atoms with E-state index in [0.717, 1.165) is 22.9 Å². The van der Waals surface area contributed by atoms with E-state index in [4.69, 9.17) is 16.3 Å². The molecule has 0 saturated heterocycles. The summed E-state index contributed by atoms with van der Waals surface area (Å²) in [6.07, 6.45) is 0. The number of methoxy groups -OCH3 is 1. The van der Waals surface area contributed by atoms with E-state index in [1.807, 2.05) is 31.2 Å². The van der Waals surface area contributed by atoms with Crippen molar-refractivity contribution in [1.82, 2.24) is 5.32 Å². The number of ether oxygens (including phenoxy) is 1. The minimum absolute atomic E-state index is 0.219. The molecule has 1 N–H and O–H groups in total. The number of carbonyl (C=O) groups excluding carboxylic acids is 1. The van der Waals surface area contributed by atoms with Gasteiger partial charge in [0.05, 0.1) is 7.11 Å². The molecule has 1 rings (SSSR count). The van der Waals surface area contributed by atoms with Crippen molar-refractivity contribution in [3.05, 3.63) is 34.9 Å². The van der Waals surface area contributed by atoms with Crippen LogP contribution in [0.4, 0.5) is 0 Å².